The van der Waals surface area contributed by atoms with Gasteiger partial charge in [-0.3, -0.25) is 4.79 Å². The van der Waals surface area contributed by atoms with Crippen molar-refractivity contribution in [3.8, 4) is 11.4 Å². The summed E-state index contributed by atoms with van der Waals surface area (Å²) in [5.41, 5.74) is 3.00. The van der Waals surface area contributed by atoms with Gasteiger partial charge >= 0.3 is 5.69 Å². The van der Waals surface area contributed by atoms with Crippen molar-refractivity contribution in [1.29, 1.82) is 0 Å². The van der Waals surface area contributed by atoms with E-state index in [-0.39, 0.29) is 11.6 Å². The zero-order valence-corrected chi connectivity index (χ0v) is 18.3. The molecule has 168 valence electrons. The van der Waals surface area contributed by atoms with Crippen LogP contribution in [0, 0.1) is 12.8 Å². The number of hydrogen-bond acceptors (Lipinski definition) is 6. The van der Waals surface area contributed by atoms with E-state index in [2.05, 4.69) is 25.7 Å². The molecule has 2 aromatic heterocycles. The molecule has 1 N–H and O–H groups in total. The number of hydrogen-bond donors (Lipinski definition) is 1. The van der Waals surface area contributed by atoms with E-state index >= 15 is 0 Å². The number of carbonyl (C=O) groups excluding carboxylic acids is 1. The van der Waals surface area contributed by atoms with Crippen molar-refractivity contribution in [3.05, 3.63) is 82.3 Å². The largest absolute Gasteiger partial charge is 0.347 e. The number of carbonyl (C=O) groups is 1. The van der Waals surface area contributed by atoms with E-state index in [0.717, 1.165) is 35.6 Å². The third kappa shape index (κ3) is 4.19. The fourth-order valence-electron chi connectivity index (χ4n) is 4.37. The Kier molecular flexibility index (Phi) is 5.55. The quantitative estimate of drug-likeness (QED) is 0.503. The van der Waals surface area contributed by atoms with E-state index in [1.54, 1.807) is 10.6 Å². The molecule has 1 aliphatic heterocycles. The van der Waals surface area contributed by atoms with Gasteiger partial charge in [0, 0.05) is 25.1 Å². The summed E-state index contributed by atoms with van der Waals surface area (Å²) in [7, 11) is 0. The maximum Gasteiger partial charge on any atom is 0.347 e. The first-order chi connectivity index (χ1) is 16.1. The molecular weight excluding hydrogens is 420 g/mol. The number of H-pyrrole nitrogens is 1. The van der Waals surface area contributed by atoms with Crippen LogP contribution in [0.4, 0.5) is 0 Å². The molecule has 1 saturated heterocycles. The van der Waals surface area contributed by atoms with E-state index in [9.17, 15) is 9.59 Å². The summed E-state index contributed by atoms with van der Waals surface area (Å²) in [5, 5.41) is 18.1. The first kappa shape index (κ1) is 20.8. The minimum absolute atomic E-state index is 0.0000345. The topological polar surface area (TPSA) is 115 Å². The predicted molar refractivity (Wildman–Crippen MR) is 120 cm³/mol. The maximum atomic E-state index is 13.1. The van der Waals surface area contributed by atoms with Crippen molar-refractivity contribution in [2.75, 3.05) is 13.1 Å². The standard InChI is InChI=1S/C23H24N8O2/c1-16-5-2-3-8-20(16)31-21(25-26-23(31)33)13-17-9-11-29(12-10-17)22(32)18-6-4-7-19(14-18)30-15-24-27-28-30/h2-8,14-15,17H,9-13H2,1H3,(H,26,33). The highest BCUT2D eigenvalue weighted by Crippen LogP contribution is 2.24. The predicted octanol–water partition coefficient (Wildman–Crippen LogP) is 1.94. The lowest BCUT2D eigenvalue weighted by atomic mass is 9.92. The lowest BCUT2D eigenvalue weighted by molar-refractivity contribution is 0.0689. The number of likely N-dealkylation sites (tertiary alicyclic amines) is 1. The number of aromatic nitrogens is 7. The lowest BCUT2D eigenvalue weighted by Crippen LogP contribution is -2.39. The second-order valence-corrected chi connectivity index (χ2v) is 8.31. The van der Waals surface area contributed by atoms with Gasteiger partial charge in [0.2, 0.25) is 0 Å². The molecule has 0 aliphatic carbocycles. The van der Waals surface area contributed by atoms with Gasteiger partial charge in [-0.25, -0.2) is 19.1 Å². The highest BCUT2D eigenvalue weighted by Gasteiger charge is 2.26. The highest BCUT2D eigenvalue weighted by atomic mass is 16.2. The first-order valence-corrected chi connectivity index (χ1v) is 10.9. The van der Waals surface area contributed by atoms with Crippen molar-refractivity contribution in [3.63, 3.8) is 0 Å². The highest BCUT2D eigenvalue weighted by molar-refractivity contribution is 5.94. The molecule has 0 radical (unpaired) electrons. The molecule has 0 atom stereocenters. The van der Waals surface area contributed by atoms with Crippen LogP contribution in [0.5, 0.6) is 0 Å². The van der Waals surface area contributed by atoms with E-state index in [4.69, 9.17) is 0 Å². The molecule has 3 heterocycles. The molecule has 4 aromatic rings. The van der Waals surface area contributed by atoms with Crippen LogP contribution in [0.15, 0.2) is 59.7 Å². The molecule has 0 bridgehead atoms. The molecule has 10 heteroatoms. The third-order valence-electron chi connectivity index (χ3n) is 6.18. The molecule has 10 nitrogen and oxygen atoms in total. The van der Waals surface area contributed by atoms with Crippen molar-refractivity contribution in [1.82, 2.24) is 39.9 Å². The van der Waals surface area contributed by atoms with Crippen LogP contribution in [0.1, 0.15) is 34.6 Å². The zero-order valence-electron chi connectivity index (χ0n) is 18.3. The summed E-state index contributed by atoms with van der Waals surface area (Å²) < 4.78 is 3.19. The smallest absolute Gasteiger partial charge is 0.339 e. The van der Waals surface area contributed by atoms with Crippen LogP contribution < -0.4 is 5.69 Å². The summed E-state index contributed by atoms with van der Waals surface area (Å²) >= 11 is 0. The minimum atomic E-state index is -0.227. The number of aromatic amines is 1. The Bertz CT molecular complexity index is 1320. The normalized spacial score (nSPS) is 14.5. The molecule has 5 rings (SSSR count). The van der Waals surface area contributed by atoms with Crippen molar-refractivity contribution in [2.45, 2.75) is 26.2 Å². The number of aryl methyl sites for hydroxylation is 1. The molecule has 33 heavy (non-hydrogen) atoms. The average Bonchev–Trinajstić information content (AvgIpc) is 3.50. The third-order valence-corrected chi connectivity index (χ3v) is 6.18. The minimum Gasteiger partial charge on any atom is -0.339 e. The van der Waals surface area contributed by atoms with Gasteiger partial charge in [0.15, 0.2) is 0 Å². The van der Waals surface area contributed by atoms with Crippen molar-refractivity contribution >= 4 is 5.91 Å². The van der Waals surface area contributed by atoms with Gasteiger partial charge in [-0.05, 0) is 65.9 Å². The van der Waals surface area contributed by atoms with Crippen LogP contribution in [-0.2, 0) is 6.42 Å². The van der Waals surface area contributed by atoms with Gasteiger partial charge in [-0.2, -0.15) is 5.10 Å². The Morgan fingerprint density at radius 2 is 1.94 bits per heavy atom. The summed E-state index contributed by atoms with van der Waals surface area (Å²) in [5.74, 6) is 1.08. The summed E-state index contributed by atoms with van der Waals surface area (Å²) in [6.07, 6.45) is 3.89. The maximum absolute atomic E-state index is 13.1. The summed E-state index contributed by atoms with van der Waals surface area (Å²) in [6.45, 7) is 3.31. The second kappa shape index (κ2) is 8.81. The number of tetrazole rings is 1. The van der Waals surface area contributed by atoms with E-state index < -0.39 is 0 Å². The summed E-state index contributed by atoms with van der Waals surface area (Å²) in [6, 6.07) is 15.1. The van der Waals surface area contributed by atoms with E-state index in [0.29, 0.717) is 31.0 Å². The Morgan fingerprint density at radius 3 is 2.70 bits per heavy atom. The van der Waals surface area contributed by atoms with Gasteiger partial charge in [-0.15, -0.1) is 5.10 Å². The summed E-state index contributed by atoms with van der Waals surface area (Å²) in [4.78, 5) is 27.4. The average molecular weight is 444 g/mol. The first-order valence-electron chi connectivity index (χ1n) is 10.9. The van der Waals surface area contributed by atoms with Crippen molar-refractivity contribution < 1.29 is 4.79 Å². The molecular formula is C23H24N8O2. The molecule has 1 aliphatic rings. The monoisotopic (exact) mass is 444 g/mol. The molecule has 2 aromatic carbocycles. The van der Waals surface area contributed by atoms with Crippen LogP contribution in [0.3, 0.4) is 0 Å². The zero-order chi connectivity index (χ0) is 22.8. The number of benzene rings is 2. The van der Waals surface area contributed by atoms with Crippen LogP contribution in [-0.4, -0.2) is 58.9 Å². The Labute approximate surface area is 189 Å². The molecule has 0 unspecified atom stereocenters. The number of nitrogens with zero attached hydrogens (tertiary/aromatic N) is 7. The van der Waals surface area contributed by atoms with Gasteiger partial charge < -0.3 is 4.90 Å². The number of nitrogens with one attached hydrogen (secondary N) is 1. The fraction of sp³-hybridized carbons (Fsp3) is 0.304. The van der Waals surface area contributed by atoms with Crippen LogP contribution in [0.2, 0.25) is 0 Å². The number of para-hydroxylation sites is 1. The number of piperidine rings is 1. The SMILES string of the molecule is Cc1ccccc1-n1c(CC2CCN(C(=O)c3cccc(-n4cnnn4)c3)CC2)n[nH]c1=O. The van der Waals surface area contributed by atoms with Crippen molar-refractivity contribution in [2.24, 2.45) is 5.92 Å². The molecule has 0 spiro atoms. The van der Waals surface area contributed by atoms with Crippen LogP contribution >= 0.6 is 0 Å². The van der Waals surface area contributed by atoms with Gasteiger partial charge in [0.05, 0.1) is 11.4 Å². The van der Waals surface area contributed by atoms with Crippen LogP contribution in [0.25, 0.3) is 11.4 Å². The Balaban J connectivity index is 1.26. The molecule has 0 saturated carbocycles. The molecule has 1 fully saturated rings. The van der Waals surface area contributed by atoms with Gasteiger partial charge in [-0.1, -0.05) is 24.3 Å². The van der Waals surface area contributed by atoms with Gasteiger partial charge in [0.25, 0.3) is 5.91 Å². The number of amides is 1. The second-order valence-electron chi connectivity index (χ2n) is 8.31. The van der Waals surface area contributed by atoms with E-state index in [1.165, 1.54) is 11.0 Å². The van der Waals surface area contributed by atoms with Gasteiger partial charge in [0.1, 0.15) is 12.2 Å². The fourth-order valence-corrected chi connectivity index (χ4v) is 4.37. The lowest BCUT2D eigenvalue weighted by Gasteiger charge is -2.32. The molecule has 1 amide bonds. The Morgan fingerprint density at radius 1 is 1.12 bits per heavy atom. The number of rotatable bonds is 5. The Hall–Kier alpha value is -4.08. The van der Waals surface area contributed by atoms with E-state index in [1.807, 2.05) is 54.3 Å².